The van der Waals surface area contributed by atoms with Gasteiger partial charge in [-0.05, 0) is 94.3 Å². The molecule has 2 N–H and O–H groups in total. The molecule has 3 heteroatoms. The lowest BCUT2D eigenvalue weighted by molar-refractivity contribution is -0.0119. The third kappa shape index (κ3) is 8.21. The SMILES string of the molecule is C(#CC1CNC(C2CCC(OCC3CCCCC3)CC2)NC1)C1CCC(CC2CCCCC2)CC1. The largest absolute Gasteiger partial charge is 0.378 e. The smallest absolute Gasteiger partial charge is 0.0601 e. The molecule has 0 amide bonds. The van der Waals surface area contributed by atoms with E-state index in [0.29, 0.717) is 24.1 Å². The highest BCUT2D eigenvalue weighted by Crippen LogP contribution is 2.37. The molecule has 4 saturated carbocycles. The fourth-order valence-electron chi connectivity index (χ4n) is 8.01. The van der Waals surface area contributed by atoms with E-state index >= 15 is 0 Å². The van der Waals surface area contributed by atoms with Crippen molar-refractivity contribution in [1.82, 2.24) is 10.6 Å². The third-order valence-electron chi connectivity index (χ3n) is 10.4. The van der Waals surface area contributed by atoms with Gasteiger partial charge >= 0.3 is 0 Å². The normalized spacial score (nSPS) is 37.9. The summed E-state index contributed by atoms with van der Waals surface area (Å²) in [6, 6.07) is 0. The lowest BCUT2D eigenvalue weighted by Crippen LogP contribution is -2.56. The molecule has 5 aliphatic rings. The van der Waals surface area contributed by atoms with Crippen LogP contribution in [0.3, 0.4) is 0 Å². The van der Waals surface area contributed by atoms with Crippen molar-refractivity contribution in [2.75, 3.05) is 19.7 Å². The van der Waals surface area contributed by atoms with E-state index < -0.39 is 0 Å². The lowest BCUT2D eigenvalue weighted by Gasteiger charge is -2.38. The van der Waals surface area contributed by atoms with Gasteiger partial charge in [0.1, 0.15) is 0 Å². The molecule has 1 saturated heterocycles. The first-order chi connectivity index (χ1) is 17.3. The average molecular weight is 483 g/mol. The predicted octanol–water partition coefficient (Wildman–Crippen LogP) is 7.06. The van der Waals surface area contributed by atoms with Gasteiger partial charge in [0, 0.05) is 31.5 Å². The van der Waals surface area contributed by atoms with E-state index in [1.54, 1.807) is 0 Å². The molecule has 198 valence electrons. The minimum Gasteiger partial charge on any atom is -0.378 e. The molecule has 0 aromatic heterocycles. The molecule has 1 aliphatic heterocycles. The molecule has 0 bridgehead atoms. The molecule has 0 atom stereocenters. The number of hydrogen-bond donors (Lipinski definition) is 2. The number of hydrogen-bond acceptors (Lipinski definition) is 3. The molecule has 0 spiro atoms. The van der Waals surface area contributed by atoms with Gasteiger partial charge in [-0.3, -0.25) is 0 Å². The van der Waals surface area contributed by atoms with Gasteiger partial charge in [-0.15, -0.1) is 0 Å². The molecule has 1 heterocycles. The van der Waals surface area contributed by atoms with Crippen LogP contribution < -0.4 is 10.6 Å². The number of rotatable bonds is 6. The van der Waals surface area contributed by atoms with E-state index in [0.717, 1.165) is 43.4 Å². The first-order valence-corrected chi connectivity index (χ1v) is 15.9. The van der Waals surface area contributed by atoms with Gasteiger partial charge in [-0.1, -0.05) is 63.2 Å². The molecule has 0 aromatic carbocycles. The van der Waals surface area contributed by atoms with E-state index in [9.17, 15) is 0 Å². The van der Waals surface area contributed by atoms with Crippen molar-refractivity contribution in [1.29, 1.82) is 0 Å². The summed E-state index contributed by atoms with van der Waals surface area (Å²) in [5.41, 5.74) is 0. The lowest BCUT2D eigenvalue weighted by atomic mass is 9.75. The molecular formula is C32H54N2O. The summed E-state index contributed by atoms with van der Waals surface area (Å²) in [6.45, 7) is 3.16. The zero-order valence-corrected chi connectivity index (χ0v) is 22.6. The molecule has 0 aromatic rings. The second-order valence-electron chi connectivity index (χ2n) is 13.1. The zero-order valence-electron chi connectivity index (χ0n) is 22.6. The summed E-state index contributed by atoms with van der Waals surface area (Å²) < 4.78 is 6.35. The van der Waals surface area contributed by atoms with Gasteiger partial charge in [-0.25, -0.2) is 0 Å². The Morgan fingerprint density at radius 1 is 0.543 bits per heavy atom. The second kappa shape index (κ2) is 13.8. The number of nitrogens with one attached hydrogen (secondary N) is 2. The van der Waals surface area contributed by atoms with Gasteiger partial charge in [-0.2, -0.15) is 0 Å². The predicted molar refractivity (Wildman–Crippen MR) is 146 cm³/mol. The Kier molecular flexibility index (Phi) is 10.3. The Morgan fingerprint density at radius 3 is 1.77 bits per heavy atom. The summed E-state index contributed by atoms with van der Waals surface area (Å²) in [5, 5.41) is 7.65. The first-order valence-electron chi connectivity index (χ1n) is 15.9. The monoisotopic (exact) mass is 482 g/mol. The van der Waals surface area contributed by atoms with Crippen LogP contribution in [0.25, 0.3) is 0 Å². The van der Waals surface area contributed by atoms with E-state index in [2.05, 4.69) is 22.5 Å². The Labute approximate surface area is 216 Å². The highest BCUT2D eigenvalue weighted by atomic mass is 16.5. The van der Waals surface area contributed by atoms with E-state index in [1.807, 2.05) is 0 Å². The van der Waals surface area contributed by atoms with Crippen molar-refractivity contribution in [3.05, 3.63) is 0 Å². The fourth-order valence-corrected chi connectivity index (χ4v) is 8.01. The summed E-state index contributed by atoms with van der Waals surface area (Å²) in [4.78, 5) is 0. The highest BCUT2D eigenvalue weighted by Gasteiger charge is 2.31. The Balaban J connectivity index is 0.944. The second-order valence-corrected chi connectivity index (χ2v) is 13.1. The zero-order chi connectivity index (χ0) is 23.7. The maximum absolute atomic E-state index is 6.35. The molecule has 0 unspecified atom stereocenters. The van der Waals surface area contributed by atoms with Crippen LogP contribution in [-0.4, -0.2) is 32.0 Å². The third-order valence-corrected chi connectivity index (χ3v) is 10.4. The highest BCUT2D eigenvalue weighted by molar-refractivity contribution is 5.10. The van der Waals surface area contributed by atoms with Crippen LogP contribution in [0.5, 0.6) is 0 Å². The Morgan fingerprint density at radius 2 is 1.11 bits per heavy atom. The van der Waals surface area contributed by atoms with Crippen LogP contribution in [0.1, 0.15) is 122 Å². The average Bonchev–Trinajstić information content (AvgIpc) is 2.93. The Bertz CT molecular complexity index is 647. The van der Waals surface area contributed by atoms with Gasteiger partial charge in [0.25, 0.3) is 0 Å². The summed E-state index contributed by atoms with van der Waals surface area (Å²) in [7, 11) is 0. The minimum atomic E-state index is 0.487. The molecule has 3 nitrogen and oxygen atoms in total. The molecule has 5 fully saturated rings. The van der Waals surface area contributed by atoms with Crippen LogP contribution in [0.4, 0.5) is 0 Å². The summed E-state index contributed by atoms with van der Waals surface area (Å²) >= 11 is 0. The van der Waals surface area contributed by atoms with Crippen LogP contribution in [0.15, 0.2) is 0 Å². The summed E-state index contributed by atoms with van der Waals surface area (Å²) in [5.74, 6) is 12.2. The molecule has 4 aliphatic carbocycles. The minimum absolute atomic E-state index is 0.487. The maximum atomic E-state index is 6.35. The number of ether oxygens (including phenoxy) is 1. The van der Waals surface area contributed by atoms with Crippen molar-refractivity contribution in [2.24, 2.45) is 35.5 Å². The molecule has 0 radical (unpaired) electrons. The topological polar surface area (TPSA) is 33.3 Å². The van der Waals surface area contributed by atoms with Gasteiger partial charge < -0.3 is 15.4 Å². The van der Waals surface area contributed by atoms with E-state index in [4.69, 9.17) is 4.74 Å². The molecule has 35 heavy (non-hydrogen) atoms. The van der Waals surface area contributed by atoms with Crippen LogP contribution >= 0.6 is 0 Å². The van der Waals surface area contributed by atoms with Crippen molar-refractivity contribution in [2.45, 2.75) is 134 Å². The van der Waals surface area contributed by atoms with Crippen LogP contribution in [0, 0.1) is 47.3 Å². The molecular weight excluding hydrogens is 428 g/mol. The fraction of sp³-hybridized carbons (Fsp3) is 0.938. The maximum Gasteiger partial charge on any atom is 0.0601 e. The van der Waals surface area contributed by atoms with Crippen LogP contribution in [0.2, 0.25) is 0 Å². The Hall–Kier alpha value is -0.560. The van der Waals surface area contributed by atoms with Crippen molar-refractivity contribution >= 4 is 0 Å². The summed E-state index contributed by atoms with van der Waals surface area (Å²) in [6.07, 6.45) is 27.8. The van der Waals surface area contributed by atoms with Gasteiger partial charge in [0.05, 0.1) is 12.3 Å². The molecule has 5 rings (SSSR count). The van der Waals surface area contributed by atoms with E-state index in [1.165, 1.54) is 122 Å². The van der Waals surface area contributed by atoms with Crippen LogP contribution in [-0.2, 0) is 4.74 Å². The first kappa shape index (κ1) is 26.1. The van der Waals surface area contributed by atoms with Crippen molar-refractivity contribution < 1.29 is 4.74 Å². The van der Waals surface area contributed by atoms with Crippen molar-refractivity contribution in [3.63, 3.8) is 0 Å². The van der Waals surface area contributed by atoms with Crippen molar-refractivity contribution in [3.8, 4) is 11.8 Å². The van der Waals surface area contributed by atoms with Gasteiger partial charge in [0.2, 0.25) is 0 Å². The quantitative estimate of drug-likeness (QED) is 0.398. The standard InChI is InChI=1S/C32H54N2O/c1-3-7-26(8-4-1)21-27-14-11-25(12-15-27)13-16-29-22-33-32(34-23-29)30-17-19-31(20-18-30)35-24-28-9-5-2-6-10-28/h25-34H,1-12,14-15,17-24H2. The van der Waals surface area contributed by atoms with E-state index in [-0.39, 0.29) is 0 Å². The van der Waals surface area contributed by atoms with Gasteiger partial charge in [0.15, 0.2) is 0 Å².